The van der Waals surface area contributed by atoms with Gasteiger partial charge in [0, 0.05) is 0 Å². The largest absolute Gasteiger partial charge is 0.0585 e. The zero-order valence-electron chi connectivity index (χ0n) is 9.68. The molecule has 0 fully saturated rings. The molecule has 0 nitrogen and oxygen atoms in total. The second-order valence-corrected chi connectivity index (χ2v) is 5.27. The van der Waals surface area contributed by atoms with Gasteiger partial charge in [-0.1, -0.05) is 19.1 Å². The van der Waals surface area contributed by atoms with Crippen LogP contribution in [0.2, 0.25) is 0 Å². The Balaban J connectivity index is 2.13. The van der Waals surface area contributed by atoms with E-state index in [4.69, 9.17) is 0 Å². The molecule has 0 bridgehead atoms. The molecule has 2 aliphatic carbocycles. The Labute approximate surface area is 92.7 Å². The summed E-state index contributed by atoms with van der Waals surface area (Å²) in [6.45, 7) is 2.40. The molecule has 1 unspecified atom stereocenters. The second-order valence-electron chi connectivity index (χ2n) is 5.27. The van der Waals surface area contributed by atoms with E-state index in [1.807, 2.05) is 0 Å². The maximum atomic E-state index is 2.42. The minimum Gasteiger partial charge on any atom is -0.0585 e. The lowest BCUT2D eigenvalue weighted by molar-refractivity contribution is 0.576. The first-order valence-corrected chi connectivity index (χ1v) is 6.50. The molecule has 1 aromatic rings. The minimum absolute atomic E-state index is 0.806. The van der Waals surface area contributed by atoms with Crippen LogP contribution >= 0.6 is 0 Å². The molecule has 0 saturated heterocycles. The summed E-state index contributed by atoms with van der Waals surface area (Å²) >= 11 is 0. The molecular weight excluding hydrogens is 180 g/mol. The molecular formula is C15H20. The van der Waals surface area contributed by atoms with Gasteiger partial charge < -0.3 is 0 Å². The molecule has 1 atom stereocenters. The maximum absolute atomic E-state index is 2.42. The fourth-order valence-electron chi connectivity index (χ4n) is 3.42. The van der Waals surface area contributed by atoms with Crippen molar-refractivity contribution in [2.75, 3.05) is 0 Å². The quantitative estimate of drug-likeness (QED) is 0.593. The number of hydrogen-bond donors (Lipinski definition) is 0. The van der Waals surface area contributed by atoms with Gasteiger partial charge in [0.25, 0.3) is 0 Å². The number of rotatable bonds is 0. The van der Waals surface area contributed by atoms with E-state index in [2.05, 4.69) is 19.1 Å². The van der Waals surface area contributed by atoms with Crippen LogP contribution in [0.3, 0.4) is 0 Å². The van der Waals surface area contributed by atoms with Crippen molar-refractivity contribution in [1.29, 1.82) is 0 Å². The Kier molecular flexibility index (Phi) is 2.31. The SMILES string of the molecule is CC1CCCc2c1ccc1c2CCCC1. The first-order chi connectivity index (χ1) is 7.36. The van der Waals surface area contributed by atoms with Gasteiger partial charge in [-0.15, -0.1) is 0 Å². The van der Waals surface area contributed by atoms with Gasteiger partial charge in [0.2, 0.25) is 0 Å². The summed E-state index contributed by atoms with van der Waals surface area (Å²) in [5.41, 5.74) is 6.81. The lowest BCUT2D eigenvalue weighted by Crippen LogP contribution is -2.14. The molecule has 80 valence electrons. The lowest BCUT2D eigenvalue weighted by atomic mass is 9.77. The van der Waals surface area contributed by atoms with Crippen LogP contribution in [0.25, 0.3) is 0 Å². The zero-order chi connectivity index (χ0) is 10.3. The summed E-state index contributed by atoms with van der Waals surface area (Å²) in [5.74, 6) is 0.806. The van der Waals surface area contributed by atoms with Crippen molar-refractivity contribution < 1.29 is 0 Å². The maximum Gasteiger partial charge on any atom is -0.0187 e. The zero-order valence-corrected chi connectivity index (χ0v) is 9.68. The van der Waals surface area contributed by atoms with Gasteiger partial charge in [0.1, 0.15) is 0 Å². The summed E-state index contributed by atoms with van der Waals surface area (Å²) < 4.78 is 0. The third kappa shape index (κ3) is 1.51. The third-order valence-corrected chi connectivity index (χ3v) is 4.28. The Morgan fingerprint density at radius 1 is 0.933 bits per heavy atom. The van der Waals surface area contributed by atoms with Gasteiger partial charge in [0.15, 0.2) is 0 Å². The molecule has 3 rings (SSSR count). The number of fused-ring (bicyclic) bond motifs is 3. The van der Waals surface area contributed by atoms with E-state index in [1.54, 1.807) is 22.3 Å². The Morgan fingerprint density at radius 2 is 1.73 bits per heavy atom. The second kappa shape index (κ2) is 3.66. The van der Waals surface area contributed by atoms with E-state index in [1.165, 1.54) is 44.9 Å². The van der Waals surface area contributed by atoms with E-state index >= 15 is 0 Å². The van der Waals surface area contributed by atoms with Crippen molar-refractivity contribution in [1.82, 2.24) is 0 Å². The normalized spacial score (nSPS) is 24.5. The smallest absolute Gasteiger partial charge is 0.0187 e. The molecule has 0 N–H and O–H groups in total. The van der Waals surface area contributed by atoms with Crippen molar-refractivity contribution in [3.8, 4) is 0 Å². The topological polar surface area (TPSA) is 0 Å². The number of aryl methyl sites for hydroxylation is 1. The summed E-state index contributed by atoms with van der Waals surface area (Å²) in [7, 11) is 0. The highest BCUT2D eigenvalue weighted by Gasteiger charge is 2.21. The first kappa shape index (κ1) is 9.45. The van der Waals surface area contributed by atoms with Gasteiger partial charge in [-0.05, 0) is 73.1 Å². The van der Waals surface area contributed by atoms with Crippen molar-refractivity contribution in [2.45, 2.75) is 57.8 Å². The number of benzene rings is 1. The van der Waals surface area contributed by atoms with Crippen LogP contribution in [0, 0.1) is 0 Å². The van der Waals surface area contributed by atoms with E-state index in [-0.39, 0.29) is 0 Å². The molecule has 0 aliphatic heterocycles. The van der Waals surface area contributed by atoms with E-state index in [0.29, 0.717) is 0 Å². The fourth-order valence-corrected chi connectivity index (χ4v) is 3.42. The van der Waals surface area contributed by atoms with Gasteiger partial charge in [0.05, 0.1) is 0 Å². The average Bonchev–Trinajstić information content (AvgIpc) is 2.29. The predicted octanol–water partition coefficient (Wildman–Crippen LogP) is 4.01. The van der Waals surface area contributed by atoms with Gasteiger partial charge >= 0.3 is 0 Å². The Hall–Kier alpha value is -0.780. The Morgan fingerprint density at radius 3 is 2.67 bits per heavy atom. The van der Waals surface area contributed by atoms with Gasteiger partial charge in [-0.2, -0.15) is 0 Å². The molecule has 0 saturated carbocycles. The molecule has 0 spiro atoms. The van der Waals surface area contributed by atoms with Gasteiger partial charge in [-0.3, -0.25) is 0 Å². The van der Waals surface area contributed by atoms with Crippen molar-refractivity contribution >= 4 is 0 Å². The molecule has 0 aromatic heterocycles. The molecule has 0 amide bonds. The third-order valence-electron chi connectivity index (χ3n) is 4.28. The highest BCUT2D eigenvalue weighted by atomic mass is 14.3. The van der Waals surface area contributed by atoms with Crippen LogP contribution in [0.15, 0.2) is 12.1 Å². The minimum atomic E-state index is 0.806. The highest BCUT2D eigenvalue weighted by Crippen LogP contribution is 2.36. The molecule has 0 heterocycles. The van der Waals surface area contributed by atoms with Crippen molar-refractivity contribution in [2.24, 2.45) is 0 Å². The monoisotopic (exact) mass is 200 g/mol. The first-order valence-electron chi connectivity index (χ1n) is 6.50. The lowest BCUT2D eigenvalue weighted by Gasteiger charge is -2.28. The van der Waals surface area contributed by atoms with E-state index in [9.17, 15) is 0 Å². The van der Waals surface area contributed by atoms with Crippen LogP contribution < -0.4 is 0 Å². The molecule has 0 heteroatoms. The van der Waals surface area contributed by atoms with E-state index in [0.717, 1.165) is 5.92 Å². The predicted molar refractivity (Wildman–Crippen MR) is 64.4 cm³/mol. The van der Waals surface area contributed by atoms with Crippen LogP contribution in [0.5, 0.6) is 0 Å². The summed E-state index contributed by atoms with van der Waals surface area (Å²) in [5, 5.41) is 0. The average molecular weight is 200 g/mol. The summed E-state index contributed by atoms with van der Waals surface area (Å²) in [4.78, 5) is 0. The standard InChI is InChI=1S/C15H20/c1-11-5-4-8-15-13(11)10-9-12-6-2-3-7-14(12)15/h9-11H,2-8H2,1H3. The molecule has 15 heavy (non-hydrogen) atoms. The van der Waals surface area contributed by atoms with Crippen LogP contribution in [0.1, 0.15) is 60.8 Å². The van der Waals surface area contributed by atoms with Crippen LogP contribution in [0.4, 0.5) is 0 Å². The molecule has 2 aliphatic rings. The molecule has 0 radical (unpaired) electrons. The van der Waals surface area contributed by atoms with Crippen molar-refractivity contribution in [3.63, 3.8) is 0 Å². The van der Waals surface area contributed by atoms with Crippen LogP contribution in [-0.2, 0) is 19.3 Å². The Bertz CT molecular complexity index is 376. The summed E-state index contributed by atoms with van der Waals surface area (Å²) in [6, 6.07) is 4.83. The van der Waals surface area contributed by atoms with Gasteiger partial charge in [-0.25, -0.2) is 0 Å². The molecule has 1 aromatic carbocycles. The van der Waals surface area contributed by atoms with Crippen LogP contribution in [-0.4, -0.2) is 0 Å². The number of hydrogen-bond acceptors (Lipinski definition) is 0. The summed E-state index contributed by atoms with van der Waals surface area (Å²) in [6.07, 6.45) is 9.65. The fraction of sp³-hybridized carbons (Fsp3) is 0.600. The van der Waals surface area contributed by atoms with Crippen molar-refractivity contribution in [3.05, 3.63) is 34.4 Å². The highest BCUT2D eigenvalue weighted by molar-refractivity contribution is 5.45. The van der Waals surface area contributed by atoms with E-state index < -0.39 is 0 Å².